The van der Waals surface area contributed by atoms with Crippen LogP contribution >= 0.6 is 22.9 Å². The van der Waals surface area contributed by atoms with Crippen molar-refractivity contribution in [1.29, 1.82) is 0 Å². The van der Waals surface area contributed by atoms with Crippen LogP contribution < -0.4 is 16.0 Å². The highest BCUT2D eigenvalue weighted by molar-refractivity contribution is 7.14. The Labute approximate surface area is 148 Å². The van der Waals surface area contributed by atoms with Crippen molar-refractivity contribution in [2.45, 2.75) is 25.3 Å². The first-order valence-electron chi connectivity index (χ1n) is 7.66. The number of para-hydroxylation sites is 1. The van der Waals surface area contributed by atoms with E-state index >= 15 is 0 Å². The largest absolute Gasteiger partial charge is 0.353 e. The zero-order valence-corrected chi connectivity index (χ0v) is 14.4. The fourth-order valence-corrected chi connectivity index (χ4v) is 2.91. The monoisotopic (exact) mass is 364 g/mol. The van der Waals surface area contributed by atoms with E-state index in [9.17, 15) is 9.59 Å². The number of hydrogen-bond donors (Lipinski definition) is 3. The molecule has 1 aliphatic carbocycles. The second-order valence-corrected chi connectivity index (χ2v) is 6.76. The summed E-state index contributed by atoms with van der Waals surface area (Å²) in [5.74, 6) is -0.324. The summed E-state index contributed by atoms with van der Waals surface area (Å²) in [6.45, 7) is 0.294. The first-order chi connectivity index (χ1) is 11.6. The van der Waals surface area contributed by atoms with Gasteiger partial charge in [-0.05, 0) is 25.0 Å². The van der Waals surface area contributed by atoms with E-state index in [1.54, 1.807) is 11.4 Å². The standard InChI is InChI=1S/C16H17ClN4O2S/c17-11-3-1-2-4-12(11)20-16-21-13(9-24-16)15(23)18-8-7-14(22)19-10-5-6-10/h1-4,9-10H,5-8H2,(H,18,23)(H,19,22)(H,20,21). The Morgan fingerprint density at radius 1 is 1.29 bits per heavy atom. The number of aromatic nitrogens is 1. The van der Waals surface area contributed by atoms with Crippen LogP contribution in [0.5, 0.6) is 0 Å². The number of nitrogens with one attached hydrogen (secondary N) is 3. The third-order valence-electron chi connectivity index (χ3n) is 3.43. The van der Waals surface area contributed by atoms with E-state index in [1.165, 1.54) is 11.3 Å². The summed E-state index contributed by atoms with van der Waals surface area (Å²) in [6.07, 6.45) is 2.38. The first kappa shape index (κ1) is 16.7. The molecule has 126 valence electrons. The molecular formula is C16H17ClN4O2S. The quantitative estimate of drug-likeness (QED) is 0.705. The predicted octanol–water partition coefficient (Wildman–Crippen LogP) is 2.94. The molecule has 1 heterocycles. The Morgan fingerprint density at radius 3 is 2.83 bits per heavy atom. The highest BCUT2D eigenvalue weighted by Crippen LogP contribution is 2.26. The van der Waals surface area contributed by atoms with Crippen molar-refractivity contribution < 1.29 is 9.59 Å². The maximum atomic E-state index is 12.0. The molecule has 3 rings (SSSR count). The van der Waals surface area contributed by atoms with Crippen LogP contribution in [0.3, 0.4) is 0 Å². The van der Waals surface area contributed by atoms with Gasteiger partial charge in [-0.15, -0.1) is 11.3 Å². The number of amides is 2. The molecule has 1 aromatic carbocycles. The van der Waals surface area contributed by atoms with E-state index in [1.807, 2.05) is 18.2 Å². The van der Waals surface area contributed by atoms with Gasteiger partial charge in [-0.25, -0.2) is 4.98 Å². The molecule has 1 aromatic heterocycles. The van der Waals surface area contributed by atoms with Crippen molar-refractivity contribution in [2.24, 2.45) is 0 Å². The maximum Gasteiger partial charge on any atom is 0.270 e. The number of carbonyl (C=O) groups is 2. The number of anilines is 2. The molecule has 0 bridgehead atoms. The SMILES string of the molecule is O=C(CCNC(=O)c1csc(Nc2ccccc2Cl)n1)NC1CC1. The van der Waals surface area contributed by atoms with E-state index in [0.29, 0.717) is 28.4 Å². The number of carbonyl (C=O) groups excluding carboxylic acids is 2. The van der Waals surface area contributed by atoms with Gasteiger partial charge in [-0.1, -0.05) is 23.7 Å². The van der Waals surface area contributed by atoms with Crippen LogP contribution in [-0.4, -0.2) is 29.4 Å². The summed E-state index contributed by atoms with van der Waals surface area (Å²) in [6, 6.07) is 7.65. The molecule has 8 heteroatoms. The second-order valence-electron chi connectivity index (χ2n) is 5.49. The molecule has 0 saturated heterocycles. The Balaban J connectivity index is 1.48. The molecule has 1 saturated carbocycles. The molecule has 6 nitrogen and oxygen atoms in total. The van der Waals surface area contributed by atoms with Crippen molar-refractivity contribution in [1.82, 2.24) is 15.6 Å². The van der Waals surface area contributed by atoms with Gasteiger partial charge in [0.05, 0.1) is 10.7 Å². The van der Waals surface area contributed by atoms with Crippen LogP contribution in [0, 0.1) is 0 Å². The number of nitrogens with zero attached hydrogens (tertiary/aromatic N) is 1. The minimum Gasteiger partial charge on any atom is -0.353 e. The summed E-state index contributed by atoms with van der Waals surface area (Å²) in [4.78, 5) is 27.8. The molecule has 0 unspecified atom stereocenters. The Bertz CT molecular complexity index is 745. The molecule has 3 N–H and O–H groups in total. The molecule has 0 atom stereocenters. The first-order valence-corrected chi connectivity index (χ1v) is 8.92. The number of thiazole rings is 1. The average Bonchev–Trinajstić information content (AvgIpc) is 3.24. The maximum absolute atomic E-state index is 12.0. The van der Waals surface area contributed by atoms with Gasteiger partial charge in [0.2, 0.25) is 5.91 Å². The molecule has 1 aliphatic rings. The summed E-state index contributed by atoms with van der Waals surface area (Å²) in [7, 11) is 0. The number of hydrogen-bond acceptors (Lipinski definition) is 5. The van der Waals surface area contributed by atoms with Gasteiger partial charge in [0.15, 0.2) is 5.13 Å². The topological polar surface area (TPSA) is 83.1 Å². The molecule has 0 spiro atoms. The van der Waals surface area contributed by atoms with Crippen LogP contribution in [0.15, 0.2) is 29.6 Å². The number of rotatable bonds is 7. The van der Waals surface area contributed by atoms with Crippen molar-refractivity contribution >= 4 is 45.6 Å². The normalized spacial score (nSPS) is 13.4. The average molecular weight is 365 g/mol. The summed E-state index contributed by atoms with van der Waals surface area (Å²) in [5.41, 5.74) is 1.05. The van der Waals surface area contributed by atoms with Gasteiger partial charge in [0.25, 0.3) is 5.91 Å². The van der Waals surface area contributed by atoms with E-state index in [-0.39, 0.29) is 18.2 Å². The fraction of sp³-hybridized carbons (Fsp3) is 0.312. The fourth-order valence-electron chi connectivity index (χ4n) is 2.02. The lowest BCUT2D eigenvalue weighted by atomic mass is 10.3. The third kappa shape index (κ3) is 4.69. The van der Waals surface area contributed by atoms with Gasteiger partial charge < -0.3 is 16.0 Å². The van der Waals surface area contributed by atoms with Gasteiger partial charge in [-0.3, -0.25) is 9.59 Å². The lowest BCUT2D eigenvalue weighted by Gasteiger charge is -2.05. The molecule has 24 heavy (non-hydrogen) atoms. The van der Waals surface area contributed by atoms with Crippen LogP contribution in [0.2, 0.25) is 5.02 Å². The summed E-state index contributed by atoms with van der Waals surface area (Å²) < 4.78 is 0. The zero-order valence-electron chi connectivity index (χ0n) is 12.8. The highest BCUT2D eigenvalue weighted by atomic mass is 35.5. The van der Waals surface area contributed by atoms with Gasteiger partial charge in [-0.2, -0.15) is 0 Å². The van der Waals surface area contributed by atoms with Crippen molar-refractivity contribution in [3.63, 3.8) is 0 Å². The van der Waals surface area contributed by atoms with Gasteiger partial charge in [0.1, 0.15) is 5.69 Å². The van der Waals surface area contributed by atoms with Crippen LogP contribution in [0.25, 0.3) is 0 Å². The van der Waals surface area contributed by atoms with Gasteiger partial charge in [0, 0.05) is 24.4 Å². The number of halogens is 1. The van der Waals surface area contributed by atoms with Crippen molar-refractivity contribution in [3.05, 3.63) is 40.4 Å². The third-order valence-corrected chi connectivity index (χ3v) is 4.52. The Hall–Kier alpha value is -2.12. The Kier molecular flexibility index (Phi) is 5.32. The Morgan fingerprint density at radius 2 is 2.08 bits per heavy atom. The predicted molar refractivity (Wildman–Crippen MR) is 95.0 cm³/mol. The molecule has 2 aromatic rings. The lowest BCUT2D eigenvalue weighted by Crippen LogP contribution is -2.31. The second kappa shape index (κ2) is 7.63. The molecule has 1 fully saturated rings. The smallest absolute Gasteiger partial charge is 0.270 e. The summed E-state index contributed by atoms with van der Waals surface area (Å²) >= 11 is 7.40. The number of benzene rings is 1. The summed E-state index contributed by atoms with van der Waals surface area (Å²) in [5, 5.41) is 11.5. The zero-order chi connectivity index (χ0) is 16.9. The van der Waals surface area contributed by atoms with Gasteiger partial charge >= 0.3 is 0 Å². The highest BCUT2D eigenvalue weighted by Gasteiger charge is 2.22. The molecule has 0 aliphatic heterocycles. The minimum absolute atomic E-state index is 0.0304. The van der Waals surface area contributed by atoms with Crippen LogP contribution in [-0.2, 0) is 4.79 Å². The molecular weight excluding hydrogens is 348 g/mol. The van der Waals surface area contributed by atoms with E-state index in [0.717, 1.165) is 18.5 Å². The van der Waals surface area contributed by atoms with Crippen LogP contribution in [0.1, 0.15) is 29.8 Å². The van der Waals surface area contributed by atoms with Crippen molar-refractivity contribution in [3.8, 4) is 0 Å². The van der Waals surface area contributed by atoms with E-state index < -0.39 is 0 Å². The van der Waals surface area contributed by atoms with Crippen molar-refractivity contribution in [2.75, 3.05) is 11.9 Å². The van der Waals surface area contributed by atoms with E-state index in [4.69, 9.17) is 11.6 Å². The lowest BCUT2D eigenvalue weighted by molar-refractivity contribution is -0.121. The minimum atomic E-state index is -0.294. The van der Waals surface area contributed by atoms with E-state index in [2.05, 4.69) is 20.9 Å². The molecule has 2 amide bonds. The van der Waals surface area contributed by atoms with Crippen LogP contribution in [0.4, 0.5) is 10.8 Å². The molecule has 0 radical (unpaired) electrons.